The van der Waals surface area contributed by atoms with Crippen molar-refractivity contribution in [3.63, 3.8) is 0 Å². The molecule has 0 aromatic rings. The first-order chi connectivity index (χ1) is 6.36. The zero-order valence-corrected chi connectivity index (χ0v) is 8.24. The summed E-state index contributed by atoms with van der Waals surface area (Å²) in [5.41, 5.74) is 0. The molecular formula is C11H20O2. The minimum absolute atomic E-state index is 0.0124. The second kappa shape index (κ2) is 4.43. The van der Waals surface area contributed by atoms with Crippen LogP contribution in [0.25, 0.3) is 0 Å². The zero-order chi connectivity index (χ0) is 9.10. The van der Waals surface area contributed by atoms with E-state index in [0.29, 0.717) is 0 Å². The molecule has 2 aliphatic rings. The van der Waals surface area contributed by atoms with Crippen molar-refractivity contribution in [2.75, 3.05) is 13.2 Å². The molecule has 2 atom stereocenters. The fourth-order valence-electron chi connectivity index (χ4n) is 2.82. The third kappa shape index (κ3) is 2.44. The maximum Gasteiger partial charge on any atom is 0.0543 e. The number of aliphatic hydroxyl groups excluding tert-OH is 1. The van der Waals surface area contributed by atoms with Crippen LogP contribution in [0.5, 0.6) is 0 Å². The predicted molar refractivity (Wildman–Crippen MR) is 51.5 cm³/mol. The monoisotopic (exact) mass is 184 g/mol. The van der Waals surface area contributed by atoms with Crippen molar-refractivity contribution < 1.29 is 9.84 Å². The lowest BCUT2D eigenvalue weighted by Crippen LogP contribution is -2.29. The van der Waals surface area contributed by atoms with E-state index < -0.39 is 0 Å². The van der Waals surface area contributed by atoms with Crippen molar-refractivity contribution in [3.8, 4) is 0 Å². The van der Waals surface area contributed by atoms with E-state index in [-0.39, 0.29) is 6.10 Å². The van der Waals surface area contributed by atoms with Crippen LogP contribution in [-0.4, -0.2) is 24.4 Å². The fourth-order valence-corrected chi connectivity index (χ4v) is 2.82. The van der Waals surface area contributed by atoms with Crippen molar-refractivity contribution in [1.29, 1.82) is 0 Å². The lowest BCUT2D eigenvalue weighted by atomic mass is 9.76. The number of ether oxygens (including phenoxy) is 1. The van der Waals surface area contributed by atoms with Crippen LogP contribution in [0.1, 0.15) is 38.5 Å². The van der Waals surface area contributed by atoms with Gasteiger partial charge in [-0.25, -0.2) is 0 Å². The van der Waals surface area contributed by atoms with Gasteiger partial charge in [-0.2, -0.15) is 0 Å². The summed E-state index contributed by atoms with van der Waals surface area (Å²) in [5.74, 6) is 1.62. The zero-order valence-electron chi connectivity index (χ0n) is 8.24. The van der Waals surface area contributed by atoms with E-state index in [1.54, 1.807) is 0 Å². The molecule has 0 aromatic heterocycles. The minimum Gasteiger partial charge on any atom is -0.393 e. The summed E-state index contributed by atoms with van der Waals surface area (Å²) < 4.78 is 5.35. The largest absolute Gasteiger partial charge is 0.393 e. The molecule has 2 rings (SSSR count). The maximum absolute atomic E-state index is 9.58. The van der Waals surface area contributed by atoms with Crippen molar-refractivity contribution in [2.45, 2.75) is 44.6 Å². The Morgan fingerprint density at radius 3 is 2.38 bits per heavy atom. The van der Waals surface area contributed by atoms with E-state index in [2.05, 4.69) is 0 Å². The number of hydrogen-bond acceptors (Lipinski definition) is 2. The van der Waals surface area contributed by atoms with Crippen LogP contribution in [-0.2, 0) is 4.74 Å². The molecule has 1 saturated heterocycles. The van der Waals surface area contributed by atoms with Crippen LogP contribution in [0.4, 0.5) is 0 Å². The average Bonchev–Trinajstić information content (AvgIpc) is 2.19. The Morgan fingerprint density at radius 2 is 1.69 bits per heavy atom. The Bertz CT molecular complexity index is 152. The fraction of sp³-hybridized carbons (Fsp3) is 1.00. The van der Waals surface area contributed by atoms with Crippen molar-refractivity contribution >= 4 is 0 Å². The second-order valence-corrected chi connectivity index (χ2v) is 4.53. The molecule has 0 radical (unpaired) electrons. The smallest absolute Gasteiger partial charge is 0.0543 e. The Hall–Kier alpha value is -0.0800. The average molecular weight is 184 g/mol. The third-order valence-corrected chi connectivity index (χ3v) is 3.62. The van der Waals surface area contributed by atoms with Gasteiger partial charge in [0.1, 0.15) is 0 Å². The molecule has 0 bridgehead atoms. The highest BCUT2D eigenvalue weighted by Gasteiger charge is 2.28. The third-order valence-electron chi connectivity index (χ3n) is 3.62. The predicted octanol–water partition coefficient (Wildman–Crippen LogP) is 1.96. The van der Waals surface area contributed by atoms with Crippen LogP contribution < -0.4 is 0 Å². The summed E-state index contributed by atoms with van der Waals surface area (Å²) in [6.07, 6.45) is 7.06. The molecule has 0 aromatic carbocycles. The van der Waals surface area contributed by atoms with Crippen molar-refractivity contribution in [2.24, 2.45) is 11.8 Å². The molecule has 0 unspecified atom stereocenters. The van der Waals surface area contributed by atoms with Gasteiger partial charge in [0, 0.05) is 13.2 Å². The summed E-state index contributed by atoms with van der Waals surface area (Å²) >= 11 is 0. The SMILES string of the molecule is O[C@H]1CCC[C@@H](C2CCOCC2)C1. The summed E-state index contributed by atoms with van der Waals surface area (Å²) in [6, 6.07) is 0. The van der Waals surface area contributed by atoms with Crippen LogP contribution in [0.3, 0.4) is 0 Å². The van der Waals surface area contributed by atoms with E-state index >= 15 is 0 Å². The highest BCUT2D eigenvalue weighted by molar-refractivity contribution is 4.79. The first-order valence-corrected chi connectivity index (χ1v) is 5.62. The quantitative estimate of drug-likeness (QED) is 0.675. The van der Waals surface area contributed by atoms with Crippen LogP contribution in [0.2, 0.25) is 0 Å². The van der Waals surface area contributed by atoms with Gasteiger partial charge in [-0.1, -0.05) is 6.42 Å². The molecule has 76 valence electrons. The molecular weight excluding hydrogens is 164 g/mol. The van der Waals surface area contributed by atoms with Gasteiger partial charge < -0.3 is 9.84 Å². The molecule has 1 aliphatic heterocycles. The van der Waals surface area contributed by atoms with Gasteiger partial charge in [-0.05, 0) is 43.9 Å². The van der Waals surface area contributed by atoms with Crippen LogP contribution in [0.15, 0.2) is 0 Å². The molecule has 1 aliphatic carbocycles. The summed E-state index contributed by atoms with van der Waals surface area (Å²) in [6.45, 7) is 1.88. The topological polar surface area (TPSA) is 29.5 Å². The molecule has 2 fully saturated rings. The molecule has 13 heavy (non-hydrogen) atoms. The summed E-state index contributed by atoms with van der Waals surface area (Å²) in [5, 5.41) is 9.58. The standard InChI is InChI=1S/C11H20O2/c12-11-3-1-2-10(8-11)9-4-6-13-7-5-9/h9-12H,1-8H2/t10-,11+/m1/s1. The van der Waals surface area contributed by atoms with Crippen LogP contribution >= 0.6 is 0 Å². The number of rotatable bonds is 1. The number of hydrogen-bond donors (Lipinski definition) is 1. The molecule has 0 amide bonds. The molecule has 1 saturated carbocycles. The van der Waals surface area contributed by atoms with E-state index in [4.69, 9.17) is 4.74 Å². The molecule has 2 heteroatoms. The van der Waals surface area contributed by atoms with Gasteiger partial charge in [-0.3, -0.25) is 0 Å². The van der Waals surface area contributed by atoms with Crippen molar-refractivity contribution in [1.82, 2.24) is 0 Å². The molecule has 0 spiro atoms. The van der Waals surface area contributed by atoms with Gasteiger partial charge >= 0.3 is 0 Å². The molecule has 2 nitrogen and oxygen atoms in total. The highest BCUT2D eigenvalue weighted by atomic mass is 16.5. The maximum atomic E-state index is 9.58. The normalized spacial score (nSPS) is 37.6. The first-order valence-electron chi connectivity index (χ1n) is 5.62. The van der Waals surface area contributed by atoms with E-state index in [1.165, 1.54) is 25.7 Å². The van der Waals surface area contributed by atoms with Gasteiger partial charge in [0.25, 0.3) is 0 Å². The van der Waals surface area contributed by atoms with E-state index in [9.17, 15) is 5.11 Å². The number of aliphatic hydroxyl groups is 1. The van der Waals surface area contributed by atoms with E-state index in [0.717, 1.165) is 37.9 Å². The van der Waals surface area contributed by atoms with Gasteiger partial charge in [-0.15, -0.1) is 0 Å². The summed E-state index contributed by atoms with van der Waals surface area (Å²) in [7, 11) is 0. The van der Waals surface area contributed by atoms with Gasteiger partial charge in [0.2, 0.25) is 0 Å². The Balaban J connectivity index is 1.83. The Morgan fingerprint density at radius 1 is 0.923 bits per heavy atom. The molecule has 1 N–H and O–H groups in total. The highest BCUT2D eigenvalue weighted by Crippen LogP contribution is 2.35. The minimum atomic E-state index is -0.0124. The van der Waals surface area contributed by atoms with E-state index in [1.807, 2.05) is 0 Å². The Labute approximate surface area is 80.3 Å². The second-order valence-electron chi connectivity index (χ2n) is 4.53. The van der Waals surface area contributed by atoms with Crippen molar-refractivity contribution in [3.05, 3.63) is 0 Å². The lowest BCUT2D eigenvalue weighted by molar-refractivity contribution is 0.0165. The lowest BCUT2D eigenvalue weighted by Gasteiger charge is -2.34. The first kappa shape index (κ1) is 9.47. The Kier molecular flexibility index (Phi) is 3.23. The van der Waals surface area contributed by atoms with Gasteiger partial charge in [0.15, 0.2) is 0 Å². The summed E-state index contributed by atoms with van der Waals surface area (Å²) in [4.78, 5) is 0. The van der Waals surface area contributed by atoms with Gasteiger partial charge in [0.05, 0.1) is 6.10 Å². The van der Waals surface area contributed by atoms with Crippen LogP contribution in [0, 0.1) is 11.8 Å². The molecule has 1 heterocycles.